The van der Waals surface area contributed by atoms with Crippen molar-refractivity contribution >= 4 is 46.7 Å². The molecule has 1 aromatic carbocycles. The van der Waals surface area contributed by atoms with Gasteiger partial charge in [0.25, 0.3) is 0 Å². The van der Waals surface area contributed by atoms with Crippen LogP contribution in [-0.4, -0.2) is 23.2 Å². The highest BCUT2D eigenvalue weighted by Gasteiger charge is 2.12. The molecule has 0 spiro atoms. The van der Waals surface area contributed by atoms with Crippen molar-refractivity contribution in [3.05, 3.63) is 51.0 Å². The summed E-state index contributed by atoms with van der Waals surface area (Å²) in [7, 11) is 0. The van der Waals surface area contributed by atoms with Gasteiger partial charge in [-0.25, -0.2) is 4.98 Å². The molecule has 9 heteroatoms. The summed E-state index contributed by atoms with van der Waals surface area (Å²) in [5.74, 6) is -0.109. The average molecular weight is 406 g/mol. The van der Waals surface area contributed by atoms with E-state index in [1.807, 2.05) is 18.2 Å². The van der Waals surface area contributed by atoms with Crippen molar-refractivity contribution in [1.29, 1.82) is 10.5 Å². The highest BCUT2D eigenvalue weighted by atomic mass is 35.5. The Morgan fingerprint density at radius 2 is 1.96 bits per heavy atom. The van der Waals surface area contributed by atoms with Crippen molar-refractivity contribution in [2.45, 2.75) is 11.4 Å². The molecule has 1 amide bonds. The lowest BCUT2D eigenvalue weighted by atomic mass is 10.1. The number of nitrogens with zero attached hydrogens (tertiary/aromatic N) is 3. The minimum atomic E-state index is -0.214. The van der Waals surface area contributed by atoms with Gasteiger partial charge in [0.2, 0.25) is 5.91 Å². The maximum atomic E-state index is 12.0. The number of hydrogen-bond donors (Lipinski definition) is 2. The minimum Gasteiger partial charge on any atom is -0.383 e. The van der Waals surface area contributed by atoms with Crippen LogP contribution in [0.4, 0.5) is 5.82 Å². The Morgan fingerprint density at radius 1 is 1.23 bits per heavy atom. The number of nitrogens with one attached hydrogen (secondary N) is 1. The second-order valence-electron chi connectivity index (χ2n) is 5.12. The highest BCUT2D eigenvalue weighted by Crippen LogP contribution is 2.24. The molecule has 0 saturated carbocycles. The first-order valence-electron chi connectivity index (χ1n) is 7.38. The normalized spacial score (nSPS) is 10.0. The standard InChI is InChI=1S/C17H13Cl2N5OS/c18-13-2-1-10(14(19)6-13)3-4-23-15(25)9-26-17-12(8-21)5-11(7-20)16(22)24-17/h1-2,5-6H,3-4,9H2,(H2,22,24)(H,23,25). The zero-order valence-electron chi connectivity index (χ0n) is 13.4. The number of benzene rings is 1. The number of thioether (sulfide) groups is 1. The molecule has 0 aliphatic rings. The van der Waals surface area contributed by atoms with Gasteiger partial charge in [0.05, 0.1) is 16.9 Å². The van der Waals surface area contributed by atoms with Crippen LogP contribution in [0.2, 0.25) is 10.0 Å². The van der Waals surface area contributed by atoms with E-state index in [2.05, 4.69) is 10.3 Å². The Balaban J connectivity index is 1.88. The molecule has 0 radical (unpaired) electrons. The molecule has 2 rings (SSSR count). The summed E-state index contributed by atoms with van der Waals surface area (Å²) >= 11 is 13.0. The van der Waals surface area contributed by atoms with E-state index in [1.165, 1.54) is 6.07 Å². The van der Waals surface area contributed by atoms with Crippen molar-refractivity contribution in [2.24, 2.45) is 0 Å². The molecule has 0 unspecified atom stereocenters. The molecule has 26 heavy (non-hydrogen) atoms. The number of halogens is 2. The van der Waals surface area contributed by atoms with Gasteiger partial charge < -0.3 is 11.1 Å². The van der Waals surface area contributed by atoms with Crippen LogP contribution in [0.1, 0.15) is 16.7 Å². The van der Waals surface area contributed by atoms with Crippen molar-refractivity contribution in [3.8, 4) is 12.1 Å². The van der Waals surface area contributed by atoms with E-state index in [9.17, 15) is 4.79 Å². The lowest BCUT2D eigenvalue weighted by molar-refractivity contribution is -0.118. The van der Waals surface area contributed by atoms with Crippen LogP contribution < -0.4 is 11.1 Å². The summed E-state index contributed by atoms with van der Waals surface area (Å²) in [6.45, 7) is 0.411. The van der Waals surface area contributed by atoms with Gasteiger partial charge in [-0.15, -0.1) is 0 Å². The predicted molar refractivity (Wildman–Crippen MR) is 102 cm³/mol. The third kappa shape index (κ3) is 5.27. The molecule has 0 aliphatic heterocycles. The zero-order valence-corrected chi connectivity index (χ0v) is 15.8. The van der Waals surface area contributed by atoms with E-state index in [1.54, 1.807) is 12.1 Å². The number of anilines is 1. The molecule has 2 aromatic rings. The molecule has 0 aliphatic carbocycles. The molecule has 1 aromatic heterocycles. The first kappa shape index (κ1) is 19.9. The number of pyridine rings is 1. The van der Waals surface area contributed by atoms with Crippen molar-refractivity contribution in [1.82, 2.24) is 10.3 Å². The molecular weight excluding hydrogens is 393 g/mol. The number of nitrogen functional groups attached to an aromatic ring is 1. The molecule has 6 nitrogen and oxygen atoms in total. The van der Waals surface area contributed by atoms with E-state index in [0.29, 0.717) is 28.0 Å². The van der Waals surface area contributed by atoms with Gasteiger partial charge in [-0.3, -0.25) is 4.79 Å². The number of nitriles is 2. The number of amides is 1. The summed E-state index contributed by atoms with van der Waals surface area (Å²) in [6.07, 6.45) is 0.567. The molecular formula is C17H13Cl2N5OS. The lowest BCUT2D eigenvalue weighted by Gasteiger charge is -2.08. The Morgan fingerprint density at radius 3 is 2.62 bits per heavy atom. The smallest absolute Gasteiger partial charge is 0.230 e. The maximum absolute atomic E-state index is 12.0. The fraction of sp³-hybridized carbons (Fsp3) is 0.176. The fourth-order valence-electron chi connectivity index (χ4n) is 2.04. The van der Waals surface area contributed by atoms with Crippen molar-refractivity contribution in [2.75, 3.05) is 18.0 Å². The maximum Gasteiger partial charge on any atom is 0.230 e. The van der Waals surface area contributed by atoms with Crippen LogP contribution in [-0.2, 0) is 11.2 Å². The highest BCUT2D eigenvalue weighted by molar-refractivity contribution is 8.00. The second-order valence-corrected chi connectivity index (χ2v) is 6.93. The molecule has 132 valence electrons. The van der Waals surface area contributed by atoms with E-state index >= 15 is 0 Å². The second kappa shape index (κ2) is 9.30. The summed E-state index contributed by atoms with van der Waals surface area (Å²) in [4.78, 5) is 16.0. The van der Waals surface area contributed by atoms with Gasteiger partial charge in [-0.1, -0.05) is 41.0 Å². The first-order chi connectivity index (χ1) is 12.4. The van der Waals surface area contributed by atoms with Gasteiger partial charge >= 0.3 is 0 Å². The van der Waals surface area contributed by atoms with Gasteiger partial charge in [0.15, 0.2) is 0 Å². The Bertz CT molecular complexity index is 921. The van der Waals surface area contributed by atoms with Gasteiger partial charge in [-0.2, -0.15) is 10.5 Å². The van der Waals surface area contributed by atoms with E-state index in [-0.39, 0.29) is 28.6 Å². The predicted octanol–water partition coefficient (Wildman–Crippen LogP) is 3.16. The van der Waals surface area contributed by atoms with Crippen LogP contribution in [0, 0.1) is 22.7 Å². The SMILES string of the molecule is N#Cc1cc(C#N)c(SCC(=O)NCCc2ccc(Cl)cc2Cl)nc1N. The molecule has 0 bridgehead atoms. The van der Waals surface area contributed by atoms with E-state index in [0.717, 1.165) is 17.3 Å². The number of carbonyl (C=O) groups is 1. The summed E-state index contributed by atoms with van der Waals surface area (Å²) in [5, 5.41) is 22.2. The average Bonchev–Trinajstić information content (AvgIpc) is 2.61. The molecule has 1 heterocycles. The van der Waals surface area contributed by atoms with Crippen LogP contribution in [0.25, 0.3) is 0 Å². The van der Waals surface area contributed by atoms with Crippen LogP contribution in [0.3, 0.4) is 0 Å². The lowest BCUT2D eigenvalue weighted by Crippen LogP contribution is -2.27. The number of hydrogen-bond acceptors (Lipinski definition) is 6. The largest absolute Gasteiger partial charge is 0.383 e. The quantitative estimate of drug-likeness (QED) is 0.712. The molecule has 0 saturated heterocycles. The first-order valence-corrected chi connectivity index (χ1v) is 9.13. The van der Waals surface area contributed by atoms with Crippen molar-refractivity contribution in [3.63, 3.8) is 0 Å². The number of carbonyl (C=O) groups excluding carboxylic acids is 1. The number of aromatic nitrogens is 1. The summed E-state index contributed by atoms with van der Waals surface area (Å²) in [6, 6.07) is 10.4. The number of nitrogens with two attached hydrogens (primary N) is 1. The van der Waals surface area contributed by atoms with Gasteiger partial charge in [0.1, 0.15) is 23.0 Å². The third-order valence-electron chi connectivity index (χ3n) is 3.33. The Kier molecular flexibility index (Phi) is 7.11. The molecule has 0 atom stereocenters. The fourth-order valence-corrected chi connectivity index (χ4v) is 3.33. The van der Waals surface area contributed by atoms with Gasteiger partial charge in [-0.05, 0) is 30.2 Å². The Hall–Kier alpha value is -2.45. The monoisotopic (exact) mass is 405 g/mol. The van der Waals surface area contributed by atoms with Crippen LogP contribution >= 0.6 is 35.0 Å². The zero-order chi connectivity index (χ0) is 19.1. The third-order valence-corrected chi connectivity index (χ3v) is 4.91. The number of rotatable bonds is 6. The molecule has 3 N–H and O–H groups in total. The molecule has 0 fully saturated rings. The van der Waals surface area contributed by atoms with Crippen LogP contribution in [0.5, 0.6) is 0 Å². The van der Waals surface area contributed by atoms with E-state index in [4.69, 9.17) is 39.5 Å². The van der Waals surface area contributed by atoms with Crippen LogP contribution in [0.15, 0.2) is 29.3 Å². The van der Waals surface area contributed by atoms with Crippen molar-refractivity contribution < 1.29 is 4.79 Å². The van der Waals surface area contributed by atoms with Gasteiger partial charge in [0, 0.05) is 16.6 Å². The van der Waals surface area contributed by atoms with E-state index < -0.39 is 0 Å². The summed E-state index contributed by atoms with van der Waals surface area (Å²) in [5.41, 5.74) is 6.88. The summed E-state index contributed by atoms with van der Waals surface area (Å²) < 4.78 is 0. The minimum absolute atomic E-state index is 0.0341. The Labute approximate surface area is 164 Å². The topological polar surface area (TPSA) is 116 Å².